The van der Waals surface area contributed by atoms with E-state index in [0.717, 1.165) is 17.9 Å². The highest BCUT2D eigenvalue weighted by atomic mass is 15.3. The van der Waals surface area contributed by atoms with Gasteiger partial charge in [0.1, 0.15) is 0 Å². The Balaban J connectivity index is 2.30. The first-order chi connectivity index (χ1) is 6.45. The summed E-state index contributed by atoms with van der Waals surface area (Å²) >= 11 is 0. The van der Waals surface area contributed by atoms with E-state index in [4.69, 9.17) is 0 Å². The molecule has 0 saturated carbocycles. The molecule has 3 heterocycles. The third-order valence-electron chi connectivity index (χ3n) is 2.21. The van der Waals surface area contributed by atoms with Crippen molar-refractivity contribution in [2.75, 3.05) is 5.32 Å². The zero-order valence-electron chi connectivity index (χ0n) is 6.94. The van der Waals surface area contributed by atoms with Crippen molar-refractivity contribution in [1.82, 2.24) is 14.8 Å². The van der Waals surface area contributed by atoms with Crippen molar-refractivity contribution in [2.45, 2.75) is 6.54 Å². The smallest absolute Gasteiger partial charge is 0.0912 e. The van der Waals surface area contributed by atoms with Gasteiger partial charge in [-0.1, -0.05) is 0 Å². The zero-order valence-corrected chi connectivity index (χ0v) is 6.94. The van der Waals surface area contributed by atoms with Crippen molar-refractivity contribution in [3.63, 3.8) is 0 Å². The van der Waals surface area contributed by atoms with Crippen LogP contribution < -0.4 is 5.32 Å². The highest BCUT2D eigenvalue weighted by Crippen LogP contribution is 2.24. The summed E-state index contributed by atoms with van der Waals surface area (Å²) in [4.78, 5) is 4.05. The largest absolute Gasteiger partial charge is 0.376 e. The molecule has 0 fully saturated rings. The molecule has 1 aliphatic rings. The lowest BCUT2D eigenvalue weighted by atomic mass is 10.2. The van der Waals surface area contributed by atoms with Gasteiger partial charge in [-0.3, -0.25) is 4.98 Å². The van der Waals surface area contributed by atoms with Crippen LogP contribution in [0.15, 0.2) is 30.7 Å². The standard InChI is InChI=1S/C9H8N4/c1-4-12-13-7(1)5-11-8-6-10-3-2-9(8)13/h1-4,6,11H,5H2. The van der Waals surface area contributed by atoms with Gasteiger partial charge in [0.2, 0.25) is 0 Å². The van der Waals surface area contributed by atoms with Crippen LogP contribution in [0.5, 0.6) is 0 Å². The molecule has 13 heavy (non-hydrogen) atoms. The van der Waals surface area contributed by atoms with Crippen LogP contribution in [0.3, 0.4) is 0 Å². The van der Waals surface area contributed by atoms with E-state index in [2.05, 4.69) is 15.4 Å². The lowest BCUT2D eigenvalue weighted by Gasteiger charge is -2.18. The number of rotatable bonds is 0. The Morgan fingerprint density at radius 3 is 3.31 bits per heavy atom. The normalized spacial score (nSPS) is 12.9. The highest BCUT2D eigenvalue weighted by Gasteiger charge is 2.14. The van der Waals surface area contributed by atoms with Crippen molar-refractivity contribution in [1.29, 1.82) is 0 Å². The van der Waals surface area contributed by atoms with Gasteiger partial charge >= 0.3 is 0 Å². The average molecular weight is 172 g/mol. The molecule has 1 aliphatic heterocycles. The van der Waals surface area contributed by atoms with Gasteiger partial charge in [-0.2, -0.15) is 5.10 Å². The molecule has 2 aromatic heterocycles. The third kappa shape index (κ3) is 0.853. The molecular weight excluding hydrogens is 164 g/mol. The maximum Gasteiger partial charge on any atom is 0.0912 e. The molecule has 2 aromatic rings. The zero-order chi connectivity index (χ0) is 8.67. The molecule has 0 bridgehead atoms. The number of nitrogens with zero attached hydrogens (tertiary/aromatic N) is 3. The van der Waals surface area contributed by atoms with Crippen molar-refractivity contribution >= 4 is 5.69 Å². The lowest BCUT2D eigenvalue weighted by Crippen LogP contribution is -2.15. The summed E-state index contributed by atoms with van der Waals surface area (Å²) in [6.07, 6.45) is 5.41. The quantitative estimate of drug-likeness (QED) is 0.649. The topological polar surface area (TPSA) is 42.7 Å². The minimum absolute atomic E-state index is 0.818. The number of fused-ring (bicyclic) bond motifs is 3. The van der Waals surface area contributed by atoms with E-state index in [1.807, 2.05) is 29.2 Å². The van der Waals surface area contributed by atoms with Crippen LogP contribution in [0.2, 0.25) is 0 Å². The molecule has 0 aliphatic carbocycles. The van der Waals surface area contributed by atoms with Crippen LogP contribution in [0.25, 0.3) is 5.69 Å². The molecule has 1 N–H and O–H groups in total. The summed E-state index contributed by atoms with van der Waals surface area (Å²) in [6.45, 7) is 0.818. The summed E-state index contributed by atoms with van der Waals surface area (Å²) in [5, 5.41) is 7.53. The fourth-order valence-corrected chi connectivity index (χ4v) is 1.58. The Kier molecular flexibility index (Phi) is 1.19. The van der Waals surface area contributed by atoms with Crippen LogP contribution in [-0.2, 0) is 6.54 Å². The Hall–Kier alpha value is -1.84. The predicted molar refractivity (Wildman–Crippen MR) is 48.7 cm³/mol. The van der Waals surface area contributed by atoms with Gasteiger partial charge in [0, 0.05) is 12.4 Å². The van der Waals surface area contributed by atoms with Crippen LogP contribution in [0.1, 0.15) is 5.69 Å². The maximum atomic E-state index is 4.25. The molecule has 0 spiro atoms. The first kappa shape index (κ1) is 6.65. The molecule has 0 aromatic carbocycles. The average Bonchev–Trinajstić information content (AvgIpc) is 2.65. The number of pyridine rings is 1. The molecule has 4 heteroatoms. The molecule has 3 rings (SSSR count). The van der Waals surface area contributed by atoms with E-state index in [0.29, 0.717) is 0 Å². The van der Waals surface area contributed by atoms with Crippen molar-refractivity contribution in [3.05, 3.63) is 36.4 Å². The minimum Gasteiger partial charge on any atom is -0.376 e. The summed E-state index contributed by atoms with van der Waals surface area (Å²) in [7, 11) is 0. The van der Waals surface area contributed by atoms with Crippen LogP contribution in [0.4, 0.5) is 5.69 Å². The fourth-order valence-electron chi connectivity index (χ4n) is 1.58. The summed E-state index contributed by atoms with van der Waals surface area (Å²) < 4.78 is 1.94. The van der Waals surface area contributed by atoms with Gasteiger partial charge in [-0.15, -0.1) is 0 Å². The molecule has 4 nitrogen and oxygen atoms in total. The van der Waals surface area contributed by atoms with Gasteiger partial charge in [0.05, 0.1) is 29.8 Å². The molecule has 0 unspecified atom stereocenters. The van der Waals surface area contributed by atoms with E-state index in [1.165, 1.54) is 5.69 Å². The van der Waals surface area contributed by atoms with Crippen molar-refractivity contribution < 1.29 is 0 Å². The van der Waals surface area contributed by atoms with E-state index >= 15 is 0 Å². The molecule has 0 radical (unpaired) electrons. The molecule has 64 valence electrons. The SMILES string of the molecule is c1cc2c(cn1)NCc1ccnn1-2. The second kappa shape index (κ2) is 2.32. The maximum absolute atomic E-state index is 4.25. The van der Waals surface area contributed by atoms with Crippen molar-refractivity contribution in [2.24, 2.45) is 0 Å². The van der Waals surface area contributed by atoms with Gasteiger partial charge in [0.25, 0.3) is 0 Å². The Morgan fingerprint density at radius 2 is 2.31 bits per heavy atom. The Morgan fingerprint density at radius 1 is 1.31 bits per heavy atom. The number of nitrogens with one attached hydrogen (secondary N) is 1. The van der Waals surface area contributed by atoms with Gasteiger partial charge in [-0.05, 0) is 12.1 Å². The number of hydrogen-bond donors (Lipinski definition) is 1. The lowest BCUT2D eigenvalue weighted by molar-refractivity contribution is 0.793. The third-order valence-corrected chi connectivity index (χ3v) is 2.21. The summed E-state index contributed by atoms with van der Waals surface area (Å²) in [5.41, 5.74) is 3.29. The molecule has 0 saturated heterocycles. The van der Waals surface area contributed by atoms with Crippen LogP contribution in [-0.4, -0.2) is 14.8 Å². The predicted octanol–water partition coefficient (Wildman–Crippen LogP) is 1.19. The molecular formula is C9H8N4. The van der Waals surface area contributed by atoms with E-state index in [-0.39, 0.29) is 0 Å². The number of anilines is 1. The number of aromatic nitrogens is 3. The van der Waals surface area contributed by atoms with E-state index in [9.17, 15) is 0 Å². The van der Waals surface area contributed by atoms with Gasteiger partial charge in [0.15, 0.2) is 0 Å². The van der Waals surface area contributed by atoms with E-state index < -0.39 is 0 Å². The molecule has 0 amide bonds. The fraction of sp³-hybridized carbons (Fsp3) is 0.111. The monoisotopic (exact) mass is 172 g/mol. The Bertz CT molecular complexity index is 446. The second-order valence-electron chi connectivity index (χ2n) is 2.98. The van der Waals surface area contributed by atoms with Crippen LogP contribution in [0, 0.1) is 0 Å². The van der Waals surface area contributed by atoms with Crippen LogP contribution >= 0.6 is 0 Å². The molecule has 0 atom stereocenters. The van der Waals surface area contributed by atoms with Crippen molar-refractivity contribution in [3.8, 4) is 5.69 Å². The number of hydrogen-bond acceptors (Lipinski definition) is 3. The van der Waals surface area contributed by atoms with Gasteiger partial charge < -0.3 is 5.32 Å². The summed E-state index contributed by atoms with van der Waals surface area (Å²) in [5.74, 6) is 0. The second-order valence-corrected chi connectivity index (χ2v) is 2.98. The summed E-state index contributed by atoms with van der Waals surface area (Å²) in [6, 6.07) is 3.97. The van der Waals surface area contributed by atoms with E-state index in [1.54, 1.807) is 6.20 Å². The minimum atomic E-state index is 0.818. The Labute approximate surface area is 75.2 Å². The first-order valence-corrected chi connectivity index (χ1v) is 4.16. The first-order valence-electron chi connectivity index (χ1n) is 4.16. The highest BCUT2D eigenvalue weighted by molar-refractivity contribution is 5.61. The van der Waals surface area contributed by atoms with Gasteiger partial charge in [-0.25, -0.2) is 4.68 Å².